The molecule has 1 amide bonds. The van der Waals surface area contributed by atoms with E-state index in [1.54, 1.807) is 12.1 Å². The Morgan fingerprint density at radius 1 is 1.38 bits per heavy atom. The van der Waals surface area contributed by atoms with E-state index in [9.17, 15) is 9.18 Å². The van der Waals surface area contributed by atoms with E-state index < -0.39 is 11.7 Å². The van der Waals surface area contributed by atoms with Crippen molar-refractivity contribution in [3.63, 3.8) is 0 Å². The van der Waals surface area contributed by atoms with Crippen LogP contribution in [0.2, 0.25) is 0 Å². The zero-order valence-corrected chi connectivity index (χ0v) is 11.0. The fourth-order valence-electron chi connectivity index (χ4n) is 1.58. The van der Waals surface area contributed by atoms with E-state index in [-0.39, 0.29) is 24.2 Å². The molecule has 0 bridgehead atoms. The van der Waals surface area contributed by atoms with Crippen molar-refractivity contribution >= 4 is 11.7 Å². The Hall–Kier alpha value is -2.78. The number of aliphatic hydroxyl groups excluding tert-OH is 1. The summed E-state index contributed by atoms with van der Waals surface area (Å²) in [5.74, 6) is 4.69. The largest absolute Gasteiger partial charge is 0.395 e. The molecule has 1 aromatic heterocycles. The highest BCUT2D eigenvalue weighted by Crippen LogP contribution is 2.12. The molecule has 0 aliphatic carbocycles. The summed E-state index contributed by atoms with van der Waals surface area (Å²) in [6, 6.07) is 6.93. The van der Waals surface area contributed by atoms with Crippen molar-refractivity contribution < 1.29 is 14.3 Å². The molecule has 5 nitrogen and oxygen atoms in total. The van der Waals surface area contributed by atoms with Crippen LogP contribution >= 0.6 is 0 Å². The number of anilines is 1. The fraction of sp³-hybridized carbons (Fsp3) is 0.133. The molecule has 0 atom stereocenters. The minimum Gasteiger partial charge on any atom is -0.395 e. The van der Waals surface area contributed by atoms with Gasteiger partial charge in [-0.25, -0.2) is 4.39 Å². The molecule has 1 heterocycles. The van der Waals surface area contributed by atoms with E-state index in [2.05, 4.69) is 27.4 Å². The van der Waals surface area contributed by atoms with Crippen molar-refractivity contribution in [2.24, 2.45) is 0 Å². The molecule has 21 heavy (non-hydrogen) atoms. The van der Waals surface area contributed by atoms with Gasteiger partial charge in [0.25, 0.3) is 5.91 Å². The molecular formula is C15H12FN3O2. The Labute approximate surface area is 120 Å². The van der Waals surface area contributed by atoms with Gasteiger partial charge in [0.2, 0.25) is 0 Å². The first-order valence-electron chi connectivity index (χ1n) is 6.19. The first-order valence-corrected chi connectivity index (χ1v) is 6.19. The number of benzene rings is 1. The third-order valence-corrected chi connectivity index (χ3v) is 2.50. The fourth-order valence-corrected chi connectivity index (χ4v) is 1.58. The highest BCUT2D eigenvalue weighted by molar-refractivity contribution is 6.05. The molecule has 0 unspecified atom stereocenters. The van der Waals surface area contributed by atoms with Crippen molar-refractivity contribution in [1.29, 1.82) is 0 Å². The normalized spacial score (nSPS) is 9.62. The zero-order chi connectivity index (χ0) is 15.1. The number of hydrogen-bond donors (Lipinski definition) is 2. The van der Waals surface area contributed by atoms with E-state index in [0.717, 1.165) is 0 Å². The van der Waals surface area contributed by atoms with Crippen LogP contribution in [-0.4, -0.2) is 27.8 Å². The molecule has 2 aromatic rings. The Morgan fingerprint density at radius 2 is 2.24 bits per heavy atom. The van der Waals surface area contributed by atoms with Crippen molar-refractivity contribution in [3.05, 3.63) is 53.5 Å². The maximum absolute atomic E-state index is 13.3. The summed E-state index contributed by atoms with van der Waals surface area (Å²) in [6.45, 7) is -0.0938. The van der Waals surface area contributed by atoms with Crippen LogP contribution in [-0.2, 0) is 0 Å². The number of hydrogen-bond acceptors (Lipinski definition) is 4. The molecule has 0 spiro atoms. The highest BCUT2D eigenvalue weighted by atomic mass is 19.1. The first-order chi connectivity index (χ1) is 10.2. The number of amides is 1. The molecule has 2 N–H and O–H groups in total. The summed E-state index contributed by atoms with van der Waals surface area (Å²) in [6.07, 6.45) is 1.74. The van der Waals surface area contributed by atoms with Gasteiger partial charge in [0.15, 0.2) is 5.82 Å². The standard InChI is InChI=1S/C15H12FN3O2/c16-12-6-7-13(11(10-12)4-1-2-9-20)15(21)18-14-5-3-8-17-19-14/h3,5-8,10,20H,2,9H2,(H,18,19,21). The van der Waals surface area contributed by atoms with Crippen molar-refractivity contribution in [2.75, 3.05) is 11.9 Å². The van der Waals surface area contributed by atoms with Crippen LogP contribution in [0.3, 0.4) is 0 Å². The average molecular weight is 285 g/mol. The molecule has 0 saturated carbocycles. The van der Waals surface area contributed by atoms with Crippen LogP contribution in [0, 0.1) is 17.7 Å². The van der Waals surface area contributed by atoms with Crippen LogP contribution in [0.1, 0.15) is 22.3 Å². The quantitative estimate of drug-likeness (QED) is 0.840. The van der Waals surface area contributed by atoms with Crippen LogP contribution in [0.25, 0.3) is 0 Å². The number of nitrogens with zero attached hydrogens (tertiary/aromatic N) is 2. The van der Waals surface area contributed by atoms with Gasteiger partial charge in [0, 0.05) is 18.2 Å². The van der Waals surface area contributed by atoms with E-state index >= 15 is 0 Å². The molecule has 0 aliphatic rings. The van der Waals surface area contributed by atoms with Gasteiger partial charge < -0.3 is 10.4 Å². The maximum atomic E-state index is 13.3. The molecule has 106 valence electrons. The number of nitrogens with one attached hydrogen (secondary N) is 1. The van der Waals surface area contributed by atoms with Crippen molar-refractivity contribution in [2.45, 2.75) is 6.42 Å². The van der Waals surface area contributed by atoms with Crippen LogP contribution in [0.4, 0.5) is 10.2 Å². The second kappa shape index (κ2) is 7.12. The number of carbonyl (C=O) groups excluding carboxylic acids is 1. The van der Waals surface area contributed by atoms with E-state index in [4.69, 9.17) is 5.11 Å². The molecule has 6 heteroatoms. The van der Waals surface area contributed by atoms with Gasteiger partial charge in [-0.2, -0.15) is 5.10 Å². The third kappa shape index (κ3) is 4.09. The van der Waals surface area contributed by atoms with Gasteiger partial charge in [0.05, 0.1) is 12.2 Å². The number of rotatable bonds is 3. The summed E-state index contributed by atoms with van der Waals surface area (Å²) >= 11 is 0. The zero-order valence-electron chi connectivity index (χ0n) is 11.0. The topological polar surface area (TPSA) is 75.1 Å². The van der Waals surface area contributed by atoms with Crippen LogP contribution in [0.15, 0.2) is 36.5 Å². The van der Waals surface area contributed by atoms with E-state index in [1.807, 2.05) is 0 Å². The molecule has 1 aromatic carbocycles. The minimum atomic E-state index is -0.487. The monoisotopic (exact) mass is 285 g/mol. The average Bonchev–Trinajstić information content (AvgIpc) is 2.48. The Morgan fingerprint density at radius 3 is 2.95 bits per heavy atom. The van der Waals surface area contributed by atoms with Gasteiger partial charge in [-0.05, 0) is 30.3 Å². The number of aliphatic hydroxyl groups is 1. The lowest BCUT2D eigenvalue weighted by Crippen LogP contribution is -2.15. The van der Waals surface area contributed by atoms with Crippen molar-refractivity contribution in [1.82, 2.24) is 10.2 Å². The van der Waals surface area contributed by atoms with Gasteiger partial charge in [0.1, 0.15) is 5.82 Å². The molecule has 0 radical (unpaired) electrons. The predicted molar refractivity (Wildman–Crippen MR) is 75.0 cm³/mol. The predicted octanol–water partition coefficient (Wildman–Crippen LogP) is 1.60. The number of halogens is 1. The third-order valence-electron chi connectivity index (χ3n) is 2.50. The summed E-state index contributed by atoms with van der Waals surface area (Å²) in [5.41, 5.74) is 0.484. The molecule has 0 fully saturated rings. The molecule has 0 saturated heterocycles. The number of carbonyl (C=O) groups is 1. The molecule has 0 aliphatic heterocycles. The lowest BCUT2D eigenvalue weighted by molar-refractivity contribution is 0.102. The maximum Gasteiger partial charge on any atom is 0.258 e. The van der Waals surface area contributed by atoms with Crippen LogP contribution < -0.4 is 5.32 Å². The second-order valence-electron chi connectivity index (χ2n) is 4.03. The lowest BCUT2D eigenvalue weighted by Gasteiger charge is -2.05. The highest BCUT2D eigenvalue weighted by Gasteiger charge is 2.12. The van der Waals surface area contributed by atoms with Gasteiger partial charge in [-0.15, -0.1) is 5.10 Å². The summed E-state index contributed by atoms with van der Waals surface area (Å²) in [7, 11) is 0. The molecular weight excluding hydrogens is 273 g/mol. The van der Waals surface area contributed by atoms with Gasteiger partial charge in [-0.3, -0.25) is 4.79 Å². The Balaban J connectivity index is 2.26. The molecule has 2 rings (SSSR count). The second-order valence-corrected chi connectivity index (χ2v) is 4.03. The Kier molecular flexibility index (Phi) is 4.96. The number of aromatic nitrogens is 2. The van der Waals surface area contributed by atoms with Crippen molar-refractivity contribution in [3.8, 4) is 11.8 Å². The van der Waals surface area contributed by atoms with Crippen LogP contribution in [0.5, 0.6) is 0 Å². The van der Waals surface area contributed by atoms with Gasteiger partial charge in [-0.1, -0.05) is 11.8 Å². The SMILES string of the molecule is O=C(Nc1cccnn1)c1ccc(F)cc1C#CCCO. The minimum absolute atomic E-state index is 0.0938. The lowest BCUT2D eigenvalue weighted by atomic mass is 10.1. The Bertz CT molecular complexity index is 693. The summed E-state index contributed by atoms with van der Waals surface area (Å²) in [4.78, 5) is 12.2. The summed E-state index contributed by atoms with van der Waals surface area (Å²) < 4.78 is 13.3. The first kappa shape index (κ1) is 14.6. The summed E-state index contributed by atoms with van der Waals surface area (Å²) in [5, 5.41) is 18.6. The smallest absolute Gasteiger partial charge is 0.258 e. The van der Waals surface area contributed by atoms with E-state index in [1.165, 1.54) is 24.4 Å². The van der Waals surface area contributed by atoms with E-state index in [0.29, 0.717) is 5.82 Å². The van der Waals surface area contributed by atoms with Gasteiger partial charge >= 0.3 is 0 Å².